The maximum absolute atomic E-state index is 12.2. The van der Waals surface area contributed by atoms with Gasteiger partial charge in [-0.05, 0) is 24.8 Å². The molecule has 2 unspecified atom stereocenters. The summed E-state index contributed by atoms with van der Waals surface area (Å²) >= 11 is 0. The van der Waals surface area contributed by atoms with Crippen molar-refractivity contribution in [2.45, 2.75) is 56.0 Å². The lowest BCUT2D eigenvalue weighted by Gasteiger charge is -2.33. The van der Waals surface area contributed by atoms with Crippen molar-refractivity contribution < 1.29 is 4.79 Å². The largest absolute Gasteiger partial charge is 0.335 e. The van der Waals surface area contributed by atoms with Crippen molar-refractivity contribution in [3.63, 3.8) is 0 Å². The zero-order chi connectivity index (χ0) is 14.7. The van der Waals surface area contributed by atoms with Gasteiger partial charge in [0.25, 0.3) is 0 Å². The van der Waals surface area contributed by atoms with Gasteiger partial charge in [-0.3, -0.25) is 0 Å². The fraction of sp³-hybridized carbons (Fsp3) is 0.500. The Kier molecular flexibility index (Phi) is 3.88. The molecule has 3 heteroatoms. The summed E-state index contributed by atoms with van der Waals surface area (Å²) < 4.78 is 0. The summed E-state index contributed by atoms with van der Waals surface area (Å²) in [6.07, 6.45) is 11.9. The SMILES string of the molecule is C#CC1(NC(=O)NC2CC2c2ccccc2)CCCCC1. The molecule has 0 spiro atoms. The van der Waals surface area contributed by atoms with E-state index < -0.39 is 5.54 Å². The summed E-state index contributed by atoms with van der Waals surface area (Å²) in [4.78, 5) is 12.2. The van der Waals surface area contributed by atoms with Crippen LogP contribution in [0.3, 0.4) is 0 Å². The molecule has 0 bridgehead atoms. The van der Waals surface area contributed by atoms with E-state index in [1.165, 1.54) is 12.0 Å². The first-order chi connectivity index (χ1) is 10.2. The van der Waals surface area contributed by atoms with E-state index in [1.54, 1.807) is 0 Å². The lowest BCUT2D eigenvalue weighted by molar-refractivity contribution is 0.222. The quantitative estimate of drug-likeness (QED) is 0.821. The average molecular weight is 282 g/mol. The van der Waals surface area contributed by atoms with Gasteiger partial charge in [0.15, 0.2) is 0 Å². The predicted molar refractivity (Wildman–Crippen MR) is 83.9 cm³/mol. The van der Waals surface area contributed by atoms with Gasteiger partial charge in [-0.15, -0.1) is 6.42 Å². The van der Waals surface area contributed by atoms with Gasteiger partial charge in [0.1, 0.15) is 5.54 Å². The number of hydrogen-bond donors (Lipinski definition) is 2. The second kappa shape index (κ2) is 5.81. The number of hydrogen-bond acceptors (Lipinski definition) is 1. The Labute approximate surface area is 126 Å². The van der Waals surface area contributed by atoms with Crippen molar-refractivity contribution in [1.82, 2.24) is 10.6 Å². The van der Waals surface area contributed by atoms with E-state index in [4.69, 9.17) is 6.42 Å². The van der Waals surface area contributed by atoms with Gasteiger partial charge in [0.2, 0.25) is 0 Å². The second-order valence-electron chi connectivity index (χ2n) is 6.24. The highest BCUT2D eigenvalue weighted by Crippen LogP contribution is 2.40. The van der Waals surface area contributed by atoms with Crippen LogP contribution in [-0.2, 0) is 0 Å². The first kappa shape index (κ1) is 14.0. The van der Waals surface area contributed by atoms with Crippen molar-refractivity contribution >= 4 is 6.03 Å². The van der Waals surface area contributed by atoms with Gasteiger partial charge >= 0.3 is 6.03 Å². The van der Waals surface area contributed by atoms with Gasteiger partial charge in [-0.2, -0.15) is 0 Å². The van der Waals surface area contributed by atoms with Crippen LogP contribution in [-0.4, -0.2) is 17.6 Å². The fourth-order valence-corrected chi connectivity index (χ4v) is 3.31. The van der Waals surface area contributed by atoms with Gasteiger partial charge in [0.05, 0.1) is 0 Å². The van der Waals surface area contributed by atoms with Crippen LogP contribution in [0.25, 0.3) is 0 Å². The first-order valence-electron chi connectivity index (χ1n) is 7.84. The normalized spacial score (nSPS) is 26.4. The van der Waals surface area contributed by atoms with Crippen LogP contribution >= 0.6 is 0 Å². The highest BCUT2D eigenvalue weighted by molar-refractivity contribution is 5.76. The standard InChI is InChI=1S/C18H22N2O/c1-2-18(11-7-4-8-12-18)20-17(21)19-16-13-15(16)14-9-5-3-6-10-14/h1,3,5-6,9-10,15-16H,4,7-8,11-13H2,(H2,19,20,21). The van der Waals surface area contributed by atoms with Crippen LogP contribution in [0.5, 0.6) is 0 Å². The molecule has 3 rings (SSSR count). The van der Waals surface area contributed by atoms with Crippen molar-refractivity contribution in [2.75, 3.05) is 0 Å². The average Bonchev–Trinajstić information content (AvgIpc) is 3.28. The van der Waals surface area contributed by atoms with Crippen LogP contribution in [0.15, 0.2) is 30.3 Å². The van der Waals surface area contributed by atoms with Gasteiger partial charge in [-0.1, -0.05) is 55.5 Å². The Hall–Kier alpha value is -1.95. The zero-order valence-electron chi connectivity index (χ0n) is 12.3. The van der Waals surface area contributed by atoms with E-state index in [1.807, 2.05) is 18.2 Å². The van der Waals surface area contributed by atoms with Crippen LogP contribution in [0, 0.1) is 12.3 Å². The number of nitrogens with one attached hydrogen (secondary N) is 2. The smallest absolute Gasteiger partial charge is 0.316 e. The predicted octanol–water partition coefficient (Wildman–Crippen LogP) is 3.18. The Balaban J connectivity index is 1.53. The molecule has 2 N–H and O–H groups in total. The maximum Gasteiger partial charge on any atom is 0.316 e. The highest BCUT2D eigenvalue weighted by atomic mass is 16.2. The van der Waals surface area contributed by atoms with E-state index >= 15 is 0 Å². The molecule has 110 valence electrons. The molecule has 0 aromatic heterocycles. The third-order valence-electron chi connectivity index (χ3n) is 4.67. The monoisotopic (exact) mass is 282 g/mol. The summed E-state index contributed by atoms with van der Waals surface area (Å²) in [6.45, 7) is 0. The summed E-state index contributed by atoms with van der Waals surface area (Å²) in [7, 11) is 0. The molecule has 2 amide bonds. The highest BCUT2D eigenvalue weighted by Gasteiger charge is 2.40. The molecule has 21 heavy (non-hydrogen) atoms. The summed E-state index contributed by atoms with van der Waals surface area (Å²) in [5, 5.41) is 6.10. The van der Waals surface area contributed by atoms with E-state index in [2.05, 4.69) is 28.7 Å². The van der Waals surface area contributed by atoms with Crippen molar-refractivity contribution in [3.05, 3.63) is 35.9 Å². The number of rotatable bonds is 3. The summed E-state index contributed by atoms with van der Waals surface area (Å²) in [5.74, 6) is 3.26. The van der Waals surface area contributed by atoms with Crippen molar-refractivity contribution in [1.29, 1.82) is 0 Å². The van der Waals surface area contributed by atoms with Crippen LogP contribution in [0.4, 0.5) is 4.79 Å². The van der Waals surface area contributed by atoms with Crippen LogP contribution < -0.4 is 10.6 Å². The van der Waals surface area contributed by atoms with E-state index in [0.29, 0.717) is 5.92 Å². The third-order valence-corrected chi connectivity index (χ3v) is 4.67. The number of amides is 2. The molecule has 2 fully saturated rings. The van der Waals surface area contributed by atoms with Gasteiger partial charge in [-0.25, -0.2) is 4.79 Å². The minimum Gasteiger partial charge on any atom is -0.335 e. The molecular formula is C18H22N2O. The fourth-order valence-electron chi connectivity index (χ4n) is 3.31. The molecule has 1 aromatic carbocycles. The lowest BCUT2D eigenvalue weighted by atomic mass is 9.82. The molecule has 2 aliphatic rings. The maximum atomic E-state index is 12.2. The number of terminal acetylenes is 1. The van der Waals surface area contributed by atoms with E-state index in [0.717, 1.165) is 32.1 Å². The minimum absolute atomic E-state index is 0.113. The zero-order valence-corrected chi connectivity index (χ0v) is 12.3. The Morgan fingerprint density at radius 2 is 1.90 bits per heavy atom. The van der Waals surface area contributed by atoms with E-state index in [-0.39, 0.29) is 12.1 Å². The molecule has 1 aromatic rings. The van der Waals surface area contributed by atoms with Crippen molar-refractivity contribution in [2.24, 2.45) is 0 Å². The molecule has 2 aliphatic carbocycles. The van der Waals surface area contributed by atoms with E-state index in [9.17, 15) is 4.79 Å². The molecule has 0 aliphatic heterocycles. The molecule has 0 heterocycles. The molecular weight excluding hydrogens is 260 g/mol. The summed E-state index contributed by atoms with van der Waals surface area (Å²) in [5.41, 5.74) is 0.867. The molecule has 2 atom stereocenters. The van der Waals surface area contributed by atoms with Gasteiger partial charge < -0.3 is 10.6 Å². The molecule has 0 saturated heterocycles. The van der Waals surface area contributed by atoms with Crippen LogP contribution in [0.2, 0.25) is 0 Å². The number of carbonyl (C=O) groups excluding carboxylic acids is 1. The second-order valence-corrected chi connectivity index (χ2v) is 6.24. The van der Waals surface area contributed by atoms with Crippen LogP contribution in [0.1, 0.15) is 50.0 Å². The Morgan fingerprint density at radius 1 is 1.19 bits per heavy atom. The topological polar surface area (TPSA) is 41.1 Å². The Bertz CT molecular complexity index is 540. The first-order valence-corrected chi connectivity index (χ1v) is 7.84. The molecule has 2 saturated carbocycles. The number of urea groups is 1. The molecule has 0 radical (unpaired) electrons. The summed E-state index contributed by atoms with van der Waals surface area (Å²) in [6, 6.07) is 10.5. The number of benzene rings is 1. The minimum atomic E-state index is -0.431. The molecule has 3 nitrogen and oxygen atoms in total. The Morgan fingerprint density at radius 3 is 2.57 bits per heavy atom. The number of carbonyl (C=O) groups is 1. The lowest BCUT2D eigenvalue weighted by Crippen LogP contribution is -2.52. The van der Waals surface area contributed by atoms with Gasteiger partial charge in [0, 0.05) is 12.0 Å². The third kappa shape index (κ3) is 3.21. The van der Waals surface area contributed by atoms with Crippen molar-refractivity contribution in [3.8, 4) is 12.3 Å².